The van der Waals surface area contributed by atoms with Gasteiger partial charge in [0, 0.05) is 32.3 Å². The van der Waals surface area contributed by atoms with Crippen molar-refractivity contribution < 1.29 is 14.6 Å². The van der Waals surface area contributed by atoms with Crippen LogP contribution in [0.5, 0.6) is 5.75 Å². The number of nitrogens with zero attached hydrogens (tertiary/aromatic N) is 1. The maximum absolute atomic E-state index is 11.9. The third kappa shape index (κ3) is 5.59. The van der Waals surface area contributed by atoms with Crippen LogP contribution in [-0.4, -0.2) is 42.7 Å². The van der Waals surface area contributed by atoms with Crippen molar-refractivity contribution >= 4 is 5.91 Å². The molecule has 1 amide bonds. The van der Waals surface area contributed by atoms with E-state index < -0.39 is 0 Å². The van der Waals surface area contributed by atoms with Crippen molar-refractivity contribution in [2.75, 3.05) is 26.8 Å². The number of ether oxygens (including phenoxy) is 1. The summed E-state index contributed by atoms with van der Waals surface area (Å²) in [6.45, 7) is 1.30. The Hall–Kier alpha value is -1.59. The SMILES string of the molecule is CN(CCCCCO)C(=O)COc1ccccc1CN. The lowest BCUT2D eigenvalue weighted by molar-refractivity contribution is -0.132. The van der Waals surface area contributed by atoms with E-state index in [2.05, 4.69) is 0 Å². The summed E-state index contributed by atoms with van der Waals surface area (Å²) in [5.74, 6) is 0.609. The highest BCUT2D eigenvalue weighted by atomic mass is 16.5. The van der Waals surface area contributed by atoms with Crippen LogP contribution in [0, 0.1) is 0 Å². The van der Waals surface area contributed by atoms with Gasteiger partial charge < -0.3 is 20.5 Å². The molecule has 0 aromatic heterocycles. The highest BCUT2D eigenvalue weighted by Gasteiger charge is 2.10. The van der Waals surface area contributed by atoms with Gasteiger partial charge in [-0.3, -0.25) is 4.79 Å². The van der Waals surface area contributed by atoms with Gasteiger partial charge in [-0.25, -0.2) is 0 Å². The Balaban J connectivity index is 2.34. The molecule has 3 N–H and O–H groups in total. The van der Waals surface area contributed by atoms with Gasteiger partial charge in [-0.2, -0.15) is 0 Å². The second-order valence-electron chi connectivity index (χ2n) is 4.70. The predicted octanol–water partition coefficient (Wildman–Crippen LogP) is 1.15. The van der Waals surface area contributed by atoms with E-state index in [1.54, 1.807) is 11.9 Å². The van der Waals surface area contributed by atoms with Gasteiger partial charge in [0.25, 0.3) is 5.91 Å². The first kappa shape index (κ1) is 16.5. The van der Waals surface area contributed by atoms with E-state index in [9.17, 15) is 4.79 Å². The number of benzene rings is 1. The molecule has 0 aliphatic heterocycles. The molecule has 5 heteroatoms. The minimum atomic E-state index is -0.0548. The van der Waals surface area contributed by atoms with Crippen LogP contribution < -0.4 is 10.5 Å². The molecule has 0 bridgehead atoms. The van der Waals surface area contributed by atoms with Gasteiger partial charge in [0.05, 0.1) is 0 Å². The Morgan fingerprint density at radius 3 is 2.75 bits per heavy atom. The molecule has 20 heavy (non-hydrogen) atoms. The van der Waals surface area contributed by atoms with Crippen molar-refractivity contribution in [1.29, 1.82) is 0 Å². The molecule has 0 aliphatic carbocycles. The lowest BCUT2D eigenvalue weighted by atomic mass is 10.2. The third-order valence-corrected chi connectivity index (χ3v) is 3.12. The number of likely N-dealkylation sites (N-methyl/N-ethyl adjacent to an activating group) is 1. The lowest BCUT2D eigenvalue weighted by Gasteiger charge is -2.18. The fourth-order valence-corrected chi connectivity index (χ4v) is 1.83. The van der Waals surface area contributed by atoms with Gasteiger partial charge >= 0.3 is 0 Å². The molecule has 0 atom stereocenters. The summed E-state index contributed by atoms with van der Waals surface area (Å²) >= 11 is 0. The van der Waals surface area contributed by atoms with Crippen LogP contribution in [-0.2, 0) is 11.3 Å². The lowest BCUT2D eigenvalue weighted by Crippen LogP contribution is -2.32. The maximum Gasteiger partial charge on any atom is 0.260 e. The second kappa shape index (κ2) is 9.34. The van der Waals surface area contributed by atoms with Gasteiger partial charge in [-0.15, -0.1) is 0 Å². The fraction of sp³-hybridized carbons (Fsp3) is 0.533. The van der Waals surface area contributed by atoms with Gasteiger partial charge in [0.15, 0.2) is 6.61 Å². The minimum absolute atomic E-state index is 0.0213. The van der Waals surface area contributed by atoms with Crippen LogP contribution in [0.1, 0.15) is 24.8 Å². The summed E-state index contributed by atoms with van der Waals surface area (Å²) in [5.41, 5.74) is 6.51. The summed E-state index contributed by atoms with van der Waals surface area (Å²) in [6.07, 6.45) is 2.59. The van der Waals surface area contributed by atoms with Crippen molar-refractivity contribution in [3.05, 3.63) is 29.8 Å². The average molecular weight is 280 g/mol. The molecule has 5 nitrogen and oxygen atoms in total. The molecule has 1 aromatic carbocycles. The van der Waals surface area contributed by atoms with E-state index >= 15 is 0 Å². The molecule has 0 saturated heterocycles. The van der Waals surface area contributed by atoms with Crippen molar-refractivity contribution in [2.24, 2.45) is 5.73 Å². The largest absolute Gasteiger partial charge is 0.483 e. The standard InChI is InChI=1S/C15H24N2O3/c1-17(9-5-2-6-10-18)15(19)12-20-14-8-4-3-7-13(14)11-16/h3-4,7-8,18H,2,5-6,9-12,16H2,1H3. The molecule has 0 heterocycles. The Kier molecular flexibility index (Phi) is 7.69. The summed E-state index contributed by atoms with van der Waals surface area (Å²) in [4.78, 5) is 13.6. The Labute approximate surface area is 120 Å². The van der Waals surface area contributed by atoms with E-state index in [1.165, 1.54) is 0 Å². The number of para-hydroxylation sites is 1. The average Bonchev–Trinajstić information content (AvgIpc) is 2.49. The van der Waals surface area contributed by atoms with Crippen molar-refractivity contribution in [1.82, 2.24) is 4.90 Å². The Morgan fingerprint density at radius 1 is 1.30 bits per heavy atom. The number of hydrogen-bond acceptors (Lipinski definition) is 4. The topological polar surface area (TPSA) is 75.8 Å². The first-order chi connectivity index (χ1) is 9.69. The summed E-state index contributed by atoms with van der Waals surface area (Å²) < 4.78 is 5.53. The van der Waals surface area contributed by atoms with Crippen LogP contribution >= 0.6 is 0 Å². The number of carbonyl (C=O) groups excluding carboxylic acids is 1. The molecule has 0 unspecified atom stereocenters. The van der Waals surface area contributed by atoms with Crippen LogP contribution in [0.25, 0.3) is 0 Å². The van der Waals surface area contributed by atoms with E-state index in [-0.39, 0.29) is 19.1 Å². The van der Waals surface area contributed by atoms with Crippen LogP contribution in [0.3, 0.4) is 0 Å². The molecular weight excluding hydrogens is 256 g/mol. The highest BCUT2D eigenvalue weighted by molar-refractivity contribution is 5.77. The molecule has 0 spiro atoms. The number of aliphatic hydroxyl groups excluding tert-OH is 1. The maximum atomic E-state index is 11.9. The number of amides is 1. The van der Waals surface area contributed by atoms with Gasteiger partial charge in [-0.1, -0.05) is 18.2 Å². The van der Waals surface area contributed by atoms with Crippen molar-refractivity contribution in [3.63, 3.8) is 0 Å². The summed E-state index contributed by atoms with van der Waals surface area (Å²) in [5, 5.41) is 8.69. The van der Waals surface area contributed by atoms with E-state index in [0.29, 0.717) is 18.8 Å². The quantitative estimate of drug-likeness (QED) is 0.665. The van der Waals surface area contributed by atoms with Crippen molar-refractivity contribution in [2.45, 2.75) is 25.8 Å². The van der Waals surface area contributed by atoms with E-state index in [4.69, 9.17) is 15.6 Å². The zero-order valence-electron chi connectivity index (χ0n) is 12.0. The zero-order chi connectivity index (χ0) is 14.8. The zero-order valence-corrected chi connectivity index (χ0v) is 12.0. The Morgan fingerprint density at radius 2 is 2.05 bits per heavy atom. The highest BCUT2D eigenvalue weighted by Crippen LogP contribution is 2.16. The molecule has 0 radical (unpaired) electrons. The fourth-order valence-electron chi connectivity index (χ4n) is 1.83. The van der Waals surface area contributed by atoms with E-state index in [0.717, 1.165) is 24.8 Å². The van der Waals surface area contributed by atoms with Crippen LogP contribution in [0.15, 0.2) is 24.3 Å². The first-order valence-electron chi connectivity index (χ1n) is 6.94. The molecule has 1 rings (SSSR count). The summed E-state index contributed by atoms with van der Waals surface area (Å²) in [7, 11) is 1.76. The van der Waals surface area contributed by atoms with Gasteiger partial charge in [0.1, 0.15) is 5.75 Å². The van der Waals surface area contributed by atoms with Gasteiger partial charge in [-0.05, 0) is 25.3 Å². The number of rotatable bonds is 9. The predicted molar refractivity (Wildman–Crippen MR) is 78.4 cm³/mol. The van der Waals surface area contributed by atoms with Crippen LogP contribution in [0.2, 0.25) is 0 Å². The molecule has 0 aliphatic rings. The molecule has 0 saturated carbocycles. The van der Waals surface area contributed by atoms with Crippen LogP contribution in [0.4, 0.5) is 0 Å². The number of nitrogens with two attached hydrogens (primary N) is 1. The Bertz CT molecular complexity index is 410. The smallest absolute Gasteiger partial charge is 0.260 e. The number of hydrogen-bond donors (Lipinski definition) is 2. The second-order valence-corrected chi connectivity index (χ2v) is 4.70. The first-order valence-corrected chi connectivity index (χ1v) is 6.94. The summed E-state index contributed by atoms with van der Waals surface area (Å²) in [6, 6.07) is 7.46. The van der Waals surface area contributed by atoms with Gasteiger partial charge in [0.2, 0.25) is 0 Å². The molecule has 1 aromatic rings. The normalized spacial score (nSPS) is 10.3. The minimum Gasteiger partial charge on any atom is -0.483 e. The van der Waals surface area contributed by atoms with E-state index in [1.807, 2.05) is 24.3 Å². The molecule has 0 fully saturated rings. The monoisotopic (exact) mass is 280 g/mol. The third-order valence-electron chi connectivity index (χ3n) is 3.12. The van der Waals surface area contributed by atoms with Crippen molar-refractivity contribution in [3.8, 4) is 5.75 Å². The number of aliphatic hydroxyl groups is 1. The molecule has 112 valence electrons. The molecular formula is C15H24N2O3. The number of unbranched alkanes of at least 4 members (excludes halogenated alkanes) is 2. The number of carbonyl (C=O) groups is 1.